The van der Waals surface area contributed by atoms with E-state index in [1.54, 1.807) is 6.33 Å². The molecular weight excluding hydrogens is 250 g/mol. The Labute approximate surface area is 119 Å². The average Bonchev–Trinajstić information content (AvgIpc) is 2.70. The maximum atomic E-state index is 4.88. The van der Waals surface area contributed by atoms with Crippen LogP contribution in [0, 0.1) is 0 Å². The molecule has 0 radical (unpaired) electrons. The van der Waals surface area contributed by atoms with Crippen molar-refractivity contribution in [3.63, 3.8) is 0 Å². The molecule has 1 fully saturated rings. The minimum atomic E-state index is 1.02. The van der Waals surface area contributed by atoms with Crippen LogP contribution in [-0.4, -0.2) is 32.6 Å². The molecule has 0 aliphatic carbocycles. The van der Waals surface area contributed by atoms with E-state index >= 15 is 0 Å². The smallest absolute Gasteiger partial charge is 0.165 e. The second-order valence-electron chi connectivity index (χ2n) is 5.91. The van der Waals surface area contributed by atoms with Gasteiger partial charge in [-0.1, -0.05) is 6.42 Å². The first-order chi connectivity index (χ1) is 9.93. The Bertz CT molecular complexity index is 612. The van der Waals surface area contributed by atoms with Gasteiger partial charge in [-0.2, -0.15) is 0 Å². The van der Waals surface area contributed by atoms with Gasteiger partial charge in [0, 0.05) is 26.1 Å². The van der Waals surface area contributed by atoms with E-state index in [1.807, 2.05) is 0 Å². The van der Waals surface area contributed by atoms with Gasteiger partial charge >= 0.3 is 0 Å². The molecule has 0 spiro atoms. The van der Waals surface area contributed by atoms with Gasteiger partial charge in [-0.05, 0) is 32.1 Å². The van der Waals surface area contributed by atoms with Crippen LogP contribution in [0.4, 0.5) is 5.82 Å². The highest BCUT2D eigenvalue weighted by atomic mass is 15.2. The molecule has 2 aromatic heterocycles. The summed E-state index contributed by atoms with van der Waals surface area (Å²) in [5, 5.41) is 0. The molecule has 1 saturated heterocycles. The molecule has 2 aliphatic heterocycles. The van der Waals surface area contributed by atoms with Crippen molar-refractivity contribution in [3.8, 4) is 0 Å². The van der Waals surface area contributed by atoms with Crippen LogP contribution in [0.1, 0.15) is 44.3 Å². The van der Waals surface area contributed by atoms with Crippen LogP contribution < -0.4 is 4.90 Å². The predicted octanol–water partition coefficient (Wildman–Crippen LogP) is 2.54. The highest BCUT2D eigenvalue weighted by Gasteiger charge is 2.21. The highest BCUT2D eigenvalue weighted by Crippen LogP contribution is 2.27. The molecule has 4 rings (SSSR count). The largest absolute Gasteiger partial charge is 0.355 e. The number of anilines is 1. The fourth-order valence-corrected chi connectivity index (χ4v) is 3.46. The number of imidazole rings is 1. The van der Waals surface area contributed by atoms with Gasteiger partial charge in [0.15, 0.2) is 17.0 Å². The lowest BCUT2D eigenvalue weighted by Crippen LogP contribution is -2.30. The summed E-state index contributed by atoms with van der Waals surface area (Å²) in [6.07, 6.45) is 10.4. The SMILES string of the molecule is c1nc(N2CCCCC2)c2nc3n(c2n1)CCCCC3. The van der Waals surface area contributed by atoms with Crippen molar-refractivity contribution in [1.29, 1.82) is 0 Å². The first-order valence-electron chi connectivity index (χ1n) is 7.88. The second kappa shape index (κ2) is 5.04. The quantitative estimate of drug-likeness (QED) is 0.799. The zero-order valence-electron chi connectivity index (χ0n) is 11.9. The summed E-state index contributed by atoms with van der Waals surface area (Å²) in [6.45, 7) is 3.27. The molecule has 4 heterocycles. The number of piperidine rings is 1. The molecule has 20 heavy (non-hydrogen) atoms. The van der Waals surface area contributed by atoms with E-state index < -0.39 is 0 Å². The molecule has 0 saturated carbocycles. The van der Waals surface area contributed by atoms with E-state index in [0.717, 1.165) is 43.0 Å². The van der Waals surface area contributed by atoms with Gasteiger partial charge < -0.3 is 9.47 Å². The van der Waals surface area contributed by atoms with E-state index in [4.69, 9.17) is 4.98 Å². The number of rotatable bonds is 1. The normalized spacial score (nSPS) is 19.9. The summed E-state index contributed by atoms with van der Waals surface area (Å²) < 4.78 is 2.32. The molecule has 2 aromatic rings. The molecule has 2 aliphatic rings. The van der Waals surface area contributed by atoms with E-state index in [2.05, 4.69) is 19.4 Å². The number of nitrogens with zero attached hydrogens (tertiary/aromatic N) is 5. The van der Waals surface area contributed by atoms with Crippen LogP contribution in [0.25, 0.3) is 11.2 Å². The minimum Gasteiger partial charge on any atom is -0.355 e. The van der Waals surface area contributed by atoms with Crippen molar-refractivity contribution in [2.45, 2.75) is 51.5 Å². The Kier molecular flexibility index (Phi) is 3.05. The number of aryl methyl sites for hydroxylation is 2. The maximum absolute atomic E-state index is 4.88. The summed E-state index contributed by atoms with van der Waals surface area (Å²) >= 11 is 0. The molecule has 5 nitrogen and oxygen atoms in total. The Hall–Kier alpha value is -1.65. The van der Waals surface area contributed by atoms with Crippen LogP contribution in [0.3, 0.4) is 0 Å². The summed E-state index contributed by atoms with van der Waals surface area (Å²) in [7, 11) is 0. The number of aromatic nitrogens is 4. The van der Waals surface area contributed by atoms with Crippen LogP contribution in [0.15, 0.2) is 6.33 Å². The fourth-order valence-electron chi connectivity index (χ4n) is 3.46. The van der Waals surface area contributed by atoms with Crippen molar-refractivity contribution in [3.05, 3.63) is 12.2 Å². The fraction of sp³-hybridized carbons (Fsp3) is 0.667. The van der Waals surface area contributed by atoms with Crippen molar-refractivity contribution >= 4 is 17.0 Å². The molecule has 0 atom stereocenters. The number of hydrogen-bond donors (Lipinski definition) is 0. The zero-order valence-corrected chi connectivity index (χ0v) is 11.9. The molecule has 0 bridgehead atoms. The zero-order chi connectivity index (χ0) is 13.4. The third-order valence-electron chi connectivity index (χ3n) is 4.53. The van der Waals surface area contributed by atoms with Crippen LogP contribution in [-0.2, 0) is 13.0 Å². The van der Waals surface area contributed by atoms with Crippen LogP contribution >= 0.6 is 0 Å². The molecule has 5 heteroatoms. The van der Waals surface area contributed by atoms with Crippen LogP contribution in [0.5, 0.6) is 0 Å². The van der Waals surface area contributed by atoms with Gasteiger partial charge in [-0.25, -0.2) is 15.0 Å². The van der Waals surface area contributed by atoms with E-state index in [9.17, 15) is 0 Å². The van der Waals surface area contributed by atoms with E-state index in [-0.39, 0.29) is 0 Å². The van der Waals surface area contributed by atoms with E-state index in [1.165, 1.54) is 44.3 Å². The van der Waals surface area contributed by atoms with Gasteiger partial charge in [0.2, 0.25) is 0 Å². The predicted molar refractivity (Wildman–Crippen MR) is 78.9 cm³/mol. The maximum Gasteiger partial charge on any atom is 0.165 e. The summed E-state index contributed by atoms with van der Waals surface area (Å²) in [6, 6.07) is 0. The Balaban J connectivity index is 1.82. The van der Waals surface area contributed by atoms with Crippen molar-refractivity contribution < 1.29 is 0 Å². The summed E-state index contributed by atoms with van der Waals surface area (Å²) in [5.74, 6) is 2.26. The summed E-state index contributed by atoms with van der Waals surface area (Å²) in [5.41, 5.74) is 2.06. The molecular formula is C15H21N5. The third kappa shape index (κ3) is 1.96. The van der Waals surface area contributed by atoms with E-state index in [0.29, 0.717) is 0 Å². The average molecular weight is 271 g/mol. The lowest BCUT2D eigenvalue weighted by atomic mass is 10.1. The minimum absolute atomic E-state index is 1.02. The Morgan fingerprint density at radius 2 is 1.65 bits per heavy atom. The molecule has 0 amide bonds. The number of hydrogen-bond acceptors (Lipinski definition) is 4. The monoisotopic (exact) mass is 271 g/mol. The van der Waals surface area contributed by atoms with Gasteiger partial charge in [0.1, 0.15) is 12.2 Å². The molecule has 0 unspecified atom stereocenters. The molecule has 0 N–H and O–H groups in total. The first-order valence-corrected chi connectivity index (χ1v) is 7.88. The Morgan fingerprint density at radius 3 is 2.55 bits per heavy atom. The lowest BCUT2D eigenvalue weighted by molar-refractivity contribution is 0.574. The molecule has 0 aromatic carbocycles. The van der Waals surface area contributed by atoms with Crippen molar-refractivity contribution in [1.82, 2.24) is 19.5 Å². The number of fused-ring (bicyclic) bond motifs is 3. The highest BCUT2D eigenvalue weighted by molar-refractivity contribution is 5.84. The second-order valence-corrected chi connectivity index (χ2v) is 5.91. The van der Waals surface area contributed by atoms with Crippen molar-refractivity contribution in [2.75, 3.05) is 18.0 Å². The van der Waals surface area contributed by atoms with Crippen molar-refractivity contribution in [2.24, 2.45) is 0 Å². The lowest BCUT2D eigenvalue weighted by Gasteiger charge is -2.27. The van der Waals surface area contributed by atoms with Gasteiger partial charge in [-0.15, -0.1) is 0 Å². The first kappa shape index (κ1) is 12.1. The molecule has 106 valence electrons. The van der Waals surface area contributed by atoms with Crippen LogP contribution in [0.2, 0.25) is 0 Å². The third-order valence-corrected chi connectivity index (χ3v) is 4.53. The standard InChI is InChI=1S/C15H21N5/c1-3-7-12-18-13-14(19-8-4-2-5-9-19)16-11-17-15(13)20(12)10-6-1/h11H,1-10H2. The topological polar surface area (TPSA) is 46.8 Å². The van der Waals surface area contributed by atoms with Gasteiger partial charge in [0.25, 0.3) is 0 Å². The van der Waals surface area contributed by atoms with Gasteiger partial charge in [0.05, 0.1) is 0 Å². The summed E-state index contributed by atoms with van der Waals surface area (Å²) in [4.78, 5) is 16.3. The van der Waals surface area contributed by atoms with Gasteiger partial charge in [-0.3, -0.25) is 0 Å². The Morgan fingerprint density at radius 1 is 0.850 bits per heavy atom.